The Kier molecular flexibility index (Phi) is 5.56. The average Bonchev–Trinajstić information content (AvgIpc) is 3.57. The largest absolute Gasteiger partial charge is 0.341 e. The van der Waals surface area contributed by atoms with Gasteiger partial charge in [0.2, 0.25) is 0 Å². The first kappa shape index (κ1) is 19.5. The Hall–Kier alpha value is -2.83. The van der Waals surface area contributed by atoms with Crippen LogP contribution in [0.1, 0.15) is 31.2 Å². The number of halogens is 1. The summed E-state index contributed by atoms with van der Waals surface area (Å²) in [4.78, 5) is 28.6. The van der Waals surface area contributed by atoms with Crippen molar-refractivity contribution in [3.8, 4) is 0 Å². The lowest BCUT2D eigenvalue weighted by Crippen LogP contribution is -2.56. The molecule has 2 aliphatic rings. The van der Waals surface area contributed by atoms with Crippen molar-refractivity contribution in [1.82, 2.24) is 20.4 Å². The van der Waals surface area contributed by atoms with Crippen LogP contribution in [-0.4, -0.2) is 54.1 Å². The highest BCUT2D eigenvalue weighted by atomic mass is 19.1. The van der Waals surface area contributed by atoms with Crippen LogP contribution in [0.3, 0.4) is 0 Å². The molecule has 1 atom stereocenters. The standard InChI is InChI=1S/C22H27FN4O2/c1-24-21(28)26-10-4-7-19(14-26)27(18-8-9-18)22(29)25-13-17-11-15-5-2-3-6-16(15)12-20(17)23/h2-3,5-6,11-12,18-19H,4,7-10,13-14H2,1H3,(H,24,28)(H,25,29)/t19-/m1/s1. The number of nitrogens with one attached hydrogen (secondary N) is 2. The van der Waals surface area contributed by atoms with E-state index >= 15 is 0 Å². The molecular formula is C22H27FN4O2. The van der Waals surface area contributed by atoms with Gasteiger partial charge in [0.25, 0.3) is 0 Å². The molecule has 1 saturated carbocycles. The van der Waals surface area contributed by atoms with Crippen LogP contribution >= 0.6 is 0 Å². The molecule has 2 aromatic rings. The van der Waals surface area contributed by atoms with Gasteiger partial charge >= 0.3 is 12.1 Å². The maximum Gasteiger partial charge on any atom is 0.318 e. The quantitative estimate of drug-likeness (QED) is 0.829. The average molecular weight is 398 g/mol. The topological polar surface area (TPSA) is 64.7 Å². The molecule has 2 fully saturated rings. The summed E-state index contributed by atoms with van der Waals surface area (Å²) in [5.74, 6) is -0.314. The van der Waals surface area contributed by atoms with E-state index in [0.717, 1.165) is 36.5 Å². The lowest BCUT2D eigenvalue weighted by molar-refractivity contribution is 0.116. The molecule has 0 radical (unpaired) electrons. The number of rotatable bonds is 4. The Balaban J connectivity index is 1.44. The minimum Gasteiger partial charge on any atom is -0.341 e. The molecule has 1 aliphatic carbocycles. The monoisotopic (exact) mass is 398 g/mol. The second-order valence-corrected chi connectivity index (χ2v) is 7.89. The van der Waals surface area contributed by atoms with Gasteiger partial charge in [-0.15, -0.1) is 0 Å². The molecule has 4 rings (SSSR count). The van der Waals surface area contributed by atoms with E-state index in [2.05, 4.69) is 10.6 Å². The van der Waals surface area contributed by atoms with Crippen molar-refractivity contribution in [3.63, 3.8) is 0 Å². The van der Waals surface area contributed by atoms with Crippen molar-refractivity contribution >= 4 is 22.8 Å². The number of carbonyl (C=O) groups excluding carboxylic acids is 2. The van der Waals surface area contributed by atoms with E-state index < -0.39 is 0 Å². The fourth-order valence-corrected chi connectivity index (χ4v) is 4.16. The van der Waals surface area contributed by atoms with Crippen LogP contribution in [0.2, 0.25) is 0 Å². The van der Waals surface area contributed by atoms with E-state index in [1.807, 2.05) is 29.2 Å². The first-order valence-corrected chi connectivity index (χ1v) is 10.3. The van der Waals surface area contributed by atoms with Crippen LogP contribution < -0.4 is 10.6 Å². The molecule has 0 spiro atoms. The van der Waals surface area contributed by atoms with Gasteiger partial charge in [-0.2, -0.15) is 0 Å². The van der Waals surface area contributed by atoms with Crippen molar-refractivity contribution < 1.29 is 14.0 Å². The van der Waals surface area contributed by atoms with E-state index in [1.54, 1.807) is 18.0 Å². The summed E-state index contributed by atoms with van der Waals surface area (Å²) in [6.07, 6.45) is 3.71. The predicted octanol–water partition coefficient (Wildman–Crippen LogP) is 3.46. The number of benzene rings is 2. The van der Waals surface area contributed by atoms with Crippen LogP contribution in [-0.2, 0) is 6.54 Å². The Morgan fingerprint density at radius 1 is 1.14 bits per heavy atom. The number of nitrogens with zero attached hydrogens (tertiary/aromatic N) is 2. The van der Waals surface area contributed by atoms with Crippen molar-refractivity contribution in [2.75, 3.05) is 20.1 Å². The van der Waals surface area contributed by atoms with Gasteiger partial charge in [-0.25, -0.2) is 14.0 Å². The molecule has 4 amide bonds. The highest BCUT2D eigenvalue weighted by molar-refractivity contribution is 5.83. The number of carbonyl (C=O) groups is 2. The molecule has 7 heteroatoms. The van der Waals surface area contributed by atoms with E-state index in [1.165, 1.54) is 6.07 Å². The van der Waals surface area contributed by atoms with Gasteiger partial charge in [0.1, 0.15) is 5.82 Å². The summed E-state index contributed by atoms with van der Waals surface area (Å²) in [5, 5.41) is 7.36. The summed E-state index contributed by atoms with van der Waals surface area (Å²) in [7, 11) is 1.62. The molecule has 0 bridgehead atoms. The minimum absolute atomic E-state index is 0.00463. The SMILES string of the molecule is CNC(=O)N1CCC[C@@H](N(C(=O)NCc2cc3ccccc3cc2F)C2CC2)C1. The molecule has 0 aromatic heterocycles. The highest BCUT2D eigenvalue weighted by Gasteiger charge is 2.39. The van der Waals surface area contributed by atoms with Gasteiger partial charge in [-0.3, -0.25) is 0 Å². The molecule has 6 nitrogen and oxygen atoms in total. The smallest absolute Gasteiger partial charge is 0.318 e. The minimum atomic E-state index is -0.314. The van der Waals surface area contributed by atoms with E-state index in [-0.39, 0.29) is 36.5 Å². The number of fused-ring (bicyclic) bond motifs is 1. The Bertz CT molecular complexity index is 915. The molecule has 2 N–H and O–H groups in total. The molecule has 2 aromatic carbocycles. The number of piperidine rings is 1. The second-order valence-electron chi connectivity index (χ2n) is 7.89. The first-order chi connectivity index (χ1) is 14.1. The summed E-state index contributed by atoms with van der Waals surface area (Å²) in [5.41, 5.74) is 0.475. The number of amides is 4. The van der Waals surface area contributed by atoms with Gasteiger partial charge in [0.15, 0.2) is 0 Å². The summed E-state index contributed by atoms with van der Waals surface area (Å²) in [6.45, 7) is 1.39. The van der Waals surface area contributed by atoms with Gasteiger partial charge in [-0.05, 0) is 48.6 Å². The number of urea groups is 2. The molecule has 1 aliphatic heterocycles. The van der Waals surface area contributed by atoms with Crippen LogP contribution in [0.25, 0.3) is 10.8 Å². The number of likely N-dealkylation sites (tertiary alicyclic amines) is 1. The summed E-state index contributed by atoms with van der Waals surface area (Å²) >= 11 is 0. The van der Waals surface area contributed by atoms with Crippen LogP contribution in [0, 0.1) is 5.82 Å². The molecule has 1 saturated heterocycles. The Labute approximate surface area is 170 Å². The molecular weight excluding hydrogens is 371 g/mol. The maximum absolute atomic E-state index is 14.5. The normalized spacial score (nSPS) is 19.1. The molecule has 0 unspecified atom stereocenters. The van der Waals surface area contributed by atoms with Crippen LogP contribution in [0.4, 0.5) is 14.0 Å². The van der Waals surface area contributed by atoms with Crippen LogP contribution in [0.15, 0.2) is 36.4 Å². The van der Waals surface area contributed by atoms with Gasteiger partial charge in [0, 0.05) is 38.3 Å². The lowest BCUT2D eigenvalue weighted by atomic mass is 10.0. The van der Waals surface area contributed by atoms with Crippen molar-refractivity contribution in [2.45, 2.75) is 44.3 Å². The number of hydrogen-bond donors (Lipinski definition) is 2. The van der Waals surface area contributed by atoms with Crippen molar-refractivity contribution in [2.24, 2.45) is 0 Å². The molecule has 154 valence electrons. The fraction of sp³-hybridized carbons (Fsp3) is 0.455. The van der Waals surface area contributed by atoms with E-state index in [0.29, 0.717) is 18.7 Å². The van der Waals surface area contributed by atoms with Crippen molar-refractivity contribution in [1.29, 1.82) is 0 Å². The summed E-state index contributed by atoms with van der Waals surface area (Å²) < 4.78 is 14.5. The fourth-order valence-electron chi connectivity index (χ4n) is 4.16. The predicted molar refractivity (Wildman–Crippen MR) is 110 cm³/mol. The van der Waals surface area contributed by atoms with Crippen LogP contribution in [0.5, 0.6) is 0 Å². The third-order valence-electron chi connectivity index (χ3n) is 5.81. The van der Waals surface area contributed by atoms with Gasteiger partial charge in [-0.1, -0.05) is 24.3 Å². The zero-order chi connectivity index (χ0) is 20.4. The highest BCUT2D eigenvalue weighted by Crippen LogP contribution is 2.31. The Morgan fingerprint density at radius 2 is 1.86 bits per heavy atom. The maximum atomic E-state index is 14.5. The third-order valence-corrected chi connectivity index (χ3v) is 5.81. The van der Waals surface area contributed by atoms with E-state index in [4.69, 9.17) is 0 Å². The molecule has 29 heavy (non-hydrogen) atoms. The van der Waals surface area contributed by atoms with E-state index in [9.17, 15) is 14.0 Å². The van der Waals surface area contributed by atoms with Crippen molar-refractivity contribution in [3.05, 3.63) is 47.8 Å². The number of hydrogen-bond acceptors (Lipinski definition) is 2. The van der Waals surface area contributed by atoms with Gasteiger partial charge < -0.3 is 20.4 Å². The Morgan fingerprint density at radius 3 is 2.55 bits per heavy atom. The zero-order valence-electron chi connectivity index (χ0n) is 16.7. The summed E-state index contributed by atoms with van der Waals surface area (Å²) in [6, 6.07) is 10.8. The zero-order valence-corrected chi connectivity index (χ0v) is 16.7. The van der Waals surface area contributed by atoms with Gasteiger partial charge in [0.05, 0.1) is 6.04 Å². The molecule has 1 heterocycles. The first-order valence-electron chi connectivity index (χ1n) is 10.3. The third kappa shape index (κ3) is 4.28. The second kappa shape index (κ2) is 8.27. The lowest BCUT2D eigenvalue weighted by Gasteiger charge is -2.39.